The van der Waals surface area contributed by atoms with Crippen LogP contribution in [0.1, 0.15) is 18.9 Å². The summed E-state index contributed by atoms with van der Waals surface area (Å²) in [6, 6.07) is 5.63. The lowest BCUT2D eigenvalue weighted by Gasteiger charge is -2.11. The lowest BCUT2D eigenvalue weighted by atomic mass is 10.1. The van der Waals surface area contributed by atoms with E-state index >= 15 is 0 Å². The largest absolute Gasteiger partial charge is 0.493 e. The summed E-state index contributed by atoms with van der Waals surface area (Å²) in [5.74, 6) is 0.871. The number of rotatable bonds is 6. The van der Waals surface area contributed by atoms with Crippen molar-refractivity contribution in [3.8, 4) is 5.75 Å². The predicted molar refractivity (Wildman–Crippen MR) is 69.1 cm³/mol. The number of halogens is 1. The van der Waals surface area contributed by atoms with Gasteiger partial charge in [-0.25, -0.2) is 0 Å². The van der Waals surface area contributed by atoms with Gasteiger partial charge in [-0.3, -0.25) is 0 Å². The normalized spacial score (nSPS) is 10.2. The van der Waals surface area contributed by atoms with Crippen LogP contribution in [0.2, 0.25) is 5.02 Å². The van der Waals surface area contributed by atoms with Crippen molar-refractivity contribution in [2.24, 2.45) is 5.73 Å². The zero-order valence-electron chi connectivity index (χ0n) is 9.63. The Labute approximate surface area is 102 Å². The first-order valence-electron chi connectivity index (χ1n) is 5.39. The second-order valence-electron chi connectivity index (χ2n) is 3.85. The van der Waals surface area contributed by atoms with Crippen molar-refractivity contribution < 1.29 is 4.74 Å². The van der Waals surface area contributed by atoms with Crippen LogP contribution < -0.4 is 10.5 Å². The van der Waals surface area contributed by atoms with Crippen molar-refractivity contribution in [3.63, 3.8) is 0 Å². The number of ether oxygens (including phenoxy) is 1. The highest BCUT2D eigenvalue weighted by atomic mass is 35.5. The molecule has 0 atom stereocenters. The van der Waals surface area contributed by atoms with Gasteiger partial charge in [-0.2, -0.15) is 0 Å². The topological polar surface area (TPSA) is 35.2 Å². The zero-order valence-corrected chi connectivity index (χ0v) is 10.4. The summed E-state index contributed by atoms with van der Waals surface area (Å²) in [6.45, 7) is 7.07. The number of hydrogen-bond acceptors (Lipinski definition) is 2. The maximum absolute atomic E-state index is 5.93. The summed E-state index contributed by atoms with van der Waals surface area (Å²) in [6.07, 6.45) is 1.65. The summed E-state index contributed by atoms with van der Waals surface area (Å²) in [5.41, 5.74) is 7.73. The first-order chi connectivity index (χ1) is 7.63. The van der Waals surface area contributed by atoms with E-state index in [1.807, 2.05) is 25.1 Å². The minimum Gasteiger partial charge on any atom is -0.493 e. The van der Waals surface area contributed by atoms with Gasteiger partial charge in [0.1, 0.15) is 5.75 Å². The monoisotopic (exact) mass is 239 g/mol. The Bertz CT molecular complexity index is 363. The van der Waals surface area contributed by atoms with Gasteiger partial charge in [0.05, 0.1) is 6.61 Å². The zero-order chi connectivity index (χ0) is 12.0. The molecule has 1 rings (SSSR count). The second kappa shape index (κ2) is 6.56. The minimum absolute atomic E-state index is 0.594. The van der Waals surface area contributed by atoms with Crippen molar-refractivity contribution in [2.45, 2.75) is 19.8 Å². The first kappa shape index (κ1) is 13.1. The highest BCUT2D eigenvalue weighted by Crippen LogP contribution is 2.23. The molecule has 0 aromatic heterocycles. The Balaban J connectivity index is 2.66. The lowest BCUT2D eigenvalue weighted by Crippen LogP contribution is -2.06. The highest BCUT2D eigenvalue weighted by Gasteiger charge is 2.04. The fraction of sp³-hybridized carbons (Fsp3) is 0.385. The lowest BCUT2D eigenvalue weighted by molar-refractivity contribution is 0.318. The average molecular weight is 240 g/mol. The molecule has 0 saturated heterocycles. The van der Waals surface area contributed by atoms with Crippen LogP contribution in [0.25, 0.3) is 0 Å². The third-order valence-corrected chi connectivity index (χ3v) is 2.46. The van der Waals surface area contributed by atoms with E-state index in [0.717, 1.165) is 34.8 Å². The molecule has 0 spiro atoms. The molecule has 16 heavy (non-hydrogen) atoms. The maximum atomic E-state index is 5.93. The van der Waals surface area contributed by atoms with E-state index in [4.69, 9.17) is 22.1 Å². The Kier molecular flexibility index (Phi) is 5.36. The summed E-state index contributed by atoms with van der Waals surface area (Å²) >= 11 is 5.93. The van der Waals surface area contributed by atoms with Crippen LogP contribution in [0.3, 0.4) is 0 Å². The van der Waals surface area contributed by atoms with Crippen molar-refractivity contribution in [1.29, 1.82) is 0 Å². The Morgan fingerprint density at radius 1 is 1.50 bits per heavy atom. The molecule has 2 N–H and O–H groups in total. The molecule has 0 aliphatic carbocycles. The van der Waals surface area contributed by atoms with Gasteiger partial charge < -0.3 is 10.5 Å². The third kappa shape index (κ3) is 4.25. The Morgan fingerprint density at radius 3 is 2.88 bits per heavy atom. The summed E-state index contributed by atoms with van der Waals surface area (Å²) in [7, 11) is 0. The van der Waals surface area contributed by atoms with Crippen LogP contribution in [0.4, 0.5) is 0 Å². The van der Waals surface area contributed by atoms with E-state index in [1.54, 1.807) is 0 Å². The number of benzene rings is 1. The Hall–Kier alpha value is -0.990. The van der Waals surface area contributed by atoms with Gasteiger partial charge in [-0.15, -0.1) is 6.58 Å². The molecule has 88 valence electrons. The Morgan fingerprint density at radius 2 is 2.25 bits per heavy atom. The van der Waals surface area contributed by atoms with Crippen LogP contribution in [0.15, 0.2) is 30.4 Å². The molecule has 1 aromatic rings. The first-order valence-corrected chi connectivity index (χ1v) is 5.77. The van der Waals surface area contributed by atoms with E-state index in [2.05, 4.69) is 6.58 Å². The van der Waals surface area contributed by atoms with Gasteiger partial charge in [0.15, 0.2) is 0 Å². The molecular formula is C13H18ClNO. The van der Waals surface area contributed by atoms with Gasteiger partial charge in [0, 0.05) is 11.4 Å². The molecule has 0 unspecified atom stereocenters. The highest BCUT2D eigenvalue weighted by molar-refractivity contribution is 6.30. The average Bonchev–Trinajstić information content (AvgIpc) is 2.21. The van der Waals surface area contributed by atoms with Gasteiger partial charge >= 0.3 is 0 Å². The van der Waals surface area contributed by atoms with E-state index < -0.39 is 0 Å². The quantitative estimate of drug-likeness (QED) is 0.774. The van der Waals surface area contributed by atoms with Crippen LogP contribution in [-0.4, -0.2) is 13.2 Å². The van der Waals surface area contributed by atoms with Gasteiger partial charge in [0.2, 0.25) is 0 Å². The standard InChI is InChI=1S/C13H18ClNO/c1-10(2)6-8-16-13-4-3-12(14)9-11(13)5-7-15/h3-4,9H,1,5-8,15H2,2H3. The molecule has 0 bridgehead atoms. The smallest absolute Gasteiger partial charge is 0.122 e. The van der Waals surface area contributed by atoms with Gasteiger partial charge in [-0.05, 0) is 43.7 Å². The van der Waals surface area contributed by atoms with Crippen molar-refractivity contribution >= 4 is 11.6 Å². The van der Waals surface area contributed by atoms with E-state index in [-0.39, 0.29) is 0 Å². The molecule has 0 radical (unpaired) electrons. The number of nitrogens with two attached hydrogens (primary N) is 1. The van der Waals surface area contributed by atoms with Crippen LogP contribution in [0.5, 0.6) is 5.75 Å². The summed E-state index contributed by atoms with van der Waals surface area (Å²) in [5, 5.41) is 0.718. The van der Waals surface area contributed by atoms with Crippen molar-refractivity contribution in [1.82, 2.24) is 0 Å². The van der Waals surface area contributed by atoms with Crippen molar-refractivity contribution in [3.05, 3.63) is 40.9 Å². The molecule has 0 saturated carbocycles. The molecule has 2 nitrogen and oxygen atoms in total. The fourth-order valence-corrected chi connectivity index (χ4v) is 1.57. The van der Waals surface area contributed by atoms with E-state index in [1.165, 1.54) is 0 Å². The number of hydrogen-bond donors (Lipinski definition) is 1. The van der Waals surface area contributed by atoms with Crippen LogP contribution >= 0.6 is 11.6 Å². The molecule has 0 fully saturated rings. The molecule has 0 aliphatic heterocycles. The van der Waals surface area contributed by atoms with Crippen LogP contribution in [0, 0.1) is 0 Å². The molecular weight excluding hydrogens is 222 g/mol. The third-order valence-electron chi connectivity index (χ3n) is 2.22. The minimum atomic E-state index is 0.594. The molecule has 0 aliphatic rings. The summed E-state index contributed by atoms with van der Waals surface area (Å²) < 4.78 is 5.68. The van der Waals surface area contributed by atoms with Crippen LogP contribution in [-0.2, 0) is 6.42 Å². The molecule has 0 amide bonds. The molecule has 0 heterocycles. The SMILES string of the molecule is C=C(C)CCOc1ccc(Cl)cc1CCN. The van der Waals surface area contributed by atoms with Gasteiger partial charge in [0.25, 0.3) is 0 Å². The maximum Gasteiger partial charge on any atom is 0.122 e. The van der Waals surface area contributed by atoms with Gasteiger partial charge in [-0.1, -0.05) is 17.2 Å². The predicted octanol–water partition coefficient (Wildman–Crippen LogP) is 3.19. The molecule has 3 heteroatoms. The fourth-order valence-electron chi connectivity index (χ4n) is 1.37. The summed E-state index contributed by atoms with van der Waals surface area (Å²) in [4.78, 5) is 0. The van der Waals surface area contributed by atoms with E-state index in [9.17, 15) is 0 Å². The second-order valence-corrected chi connectivity index (χ2v) is 4.28. The van der Waals surface area contributed by atoms with E-state index in [0.29, 0.717) is 13.2 Å². The molecule has 1 aromatic carbocycles. The van der Waals surface area contributed by atoms with Crippen molar-refractivity contribution in [2.75, 3.05) is 13.2 Å².